The zero-order chi connectivity index (χ0) is 14.2. The molecule has 1 aromatic rings. The van der Waals surface area contributed by atoms with Crippen LogP contribution in [0.15, 0.2) is 24.3 Å². The van der Waals surface area contributed by atoms with Gasteiger partial charge in [0.25, 0.3) is 0 Å². The third kappa shape index (κ3) is 2.88. The number of sulfonamides is 1. The van der Waals surface area contributed by atoms with Gasteiger partial charge >= 0.3 is 0 Å². The van der Waals surface area contributed by atoms with Crippen LogP contribution >= 0.6 is 0 Å². The molecular formula is C14H19NO4S. The molecule has 2 N–H and O–H groups in total. The quantitative estimate of drug-likeness (QED) is 0.859. The fraction of sp³-hybridized carbons (Fsp3) is 0.571. The summed E-state index contributed by atoms with van der Waals surface area (Å²) in [5.41, 5.74) is 1.88. The standard InChI is InChI=1S/C14H19NO4S/c16-13-8-10-4-1-2-6-12(10)14(13)15-20(17,18)9-11-5-3-7-19-11/h1-2,4,6,11,13-16H,3,5,7-9H2/t11?,13-,14+/m1/s1. The lowest BCUT2D eigenvalue weighted by Gasteiger charge is -2.19. The van der Waals surface area contributed by atoms with Gasteiger partial charge in [0.15, 0.2) is 0 Å². The lowest BCUT2D eigenvalue weighted by Crippen LogP contribution is -2.38. The number of ether oxygens (including phenoxy) is 1. The normalized spacial score (nSPS) is 29.6. The van der Waals surface area contributed by atoms with E-state index < -0.39 is 22.2 Å². The van der Waals surface area contributed by atoms with Gasteiger partial charge in [-0.3, -0.25) is 0 Å². The van der Waals surface area contributed by atoms with Crippen LogP contribution in [0.1, 0.15) is 30.0 Å². The van der Waals surface area contributed by atoms with E-state index in [-0.39, 0.29) is 11.9 Å². The van der Waals surface area contributed by atoms with Crippen LogP contribution in [0.2, 0.25) is 0 Å². The monoisotopic (exact) mass is 297 g/mol. The van der Waals surface area contributed by atoms with Crippen LogP contribution in [-0.2, 0) is 21.2 Å². The number of aliphatic hydroxyl groups excluding tert-OH is 1. The van der Waals surface area contributed by atoms with Crippen molar-refractivity contribution in [3.8, 4) is 0 Å². The van der Waals surface area contributed by atoms with Gasteiger partial charge in [-0.25, -0.2) is 13.1 Å². The number of nitrogens with one attached hydrogen (secondary N) is 1. The molecule has 1 heterocycles. The van der Waals surface area contributed by atoms with Gasteiger partial charge in [0, 0.05) is 13.0 Å². The van der Waals surface area contributed by atoms with E-state index in [1.807, 2.05) is 24.3 Å². The topological polar surface area (TPSA) is 75.6 Å². The maximum Gasteiger partial charge on any atom is 0.214 e. The molecule has 0 aromatic heterocycles. The van der Waals surface area contributed by atoms with Crippen LogP contribution in [0.4, 0.5) is 0 Å². The lowest BCUT2D eigenvalue weighted by molar-refractivity contribution is 0.126. The Bertz CT molecular complexity index is 581. The molecule has 0 bridgehead atoms. The van der Waals surface area contributed by atoms with Crippen molar-refractivity contribution in [3.63, 3.8) is 0 Å². The summed E-state index contributed by atoms with van der Waals surface area (Å²) in [5.74, 6) is -0.0294. The molecule has 1 aliphatic heterocycles. The molecule has 1 aliphatic carbocycles. The summed E-state index contributed by atoms with van der Waals surface area (Å²) in [7, 11) is -3.46. The number of hydrogen-bond donors (Lipinski definition) is 2. The van der Waals surface area contributed by atoms with Gasteiger partial charge in [-0.05, 0) is 24.0 Å². The maximum absolute atomic E-state index is 12.2. The van der Waals surface area contributed by atoms with Crippen molar-refractivity contribution >= 4 is 10.0 Å². The second kappa shape index (κ2) is 5.44. The number of fused-ring (bicyclic) bond motifs is 1. The minimum Gasteiger partial charge on any atom is -0.391 e. The van der Waals surface area contributed by atoms with Gasteiger partial charge in [0.05, 0.1) is 24.0 Å². The molecule has 0 amide bonds. The molecule has 0 radical (unpaired) electrons. The summed E-state index contributed by atoms with van der Waals surface area (Å²) >= 11 is 0. The van der Waals surface area contributed by atoms with E-state index in [9.17, 15) is 13.5 Å². The zero-order valence-electron chi connectivity index (χ0n) is 11.2. The molecule has 1 fully saturated rings. The highest BCUT2D eigenvalue weighted by Gasteiger charge is 2.34. The Morgan fingerprint density at radius 2 is 2.15 bits per heavy atom. The lowest BCUT2D eigenvalue weighted by atomic mass is 10.1. The van der Waals surface area contributed by atoms with E-state index in [1.165, 1.54) is 0 Å². The first-order valence-corrected chi connectivity index (χ1v) is 8.58. The van der Waals surface area contributed by atoms with Crippen LogP contribution in [0.3, 0.4) is 0 Å². The minimum absolute atomic E-state index is 0.0294. The Morgan fingerprint density at radius 3 is 2.90 bits per heavy atom. The number of benzene rings is 1. The molecular weight excluding hydrogens is 278 g/mol. The van der Waals surface area contributed by atoms with Crippen molar-refractivity contribution in [2.45, 2.75) is 37.5 Å². The van der Waals surface area contributed by atoms with E-state index in [0.717, 1.165) is 24.0 Å². The SMILES string of the molecule is O=S(=O)(CC1CCCO1)N[C@H]1c2ccccc2C[C@H]1O. The van der Waals surface area contributed by atoms with Gasteiger partial charge in [-0.15, -0.1) is 0 Å². The molecule has 0 saturated carbocycles. The highest BCUT2D eigenvalue weighted by atomic mass is 32.2. The first-order chi connectivity index (χ1) is 9.55. The Morgan fingerprint density at radius 1 is 1.35 bits per heavy atom. The smallest absolute Gasteiger partial charge is 0.214 e. The molecule has 110 valence electrons. The predicted molar refractivity (Wildman–Crippen MR) is 74.8 cm³/mol. The molecule has 6 heteroatoms. The van der Waals surface area contributed by atoms with Gasteiger partial charge in [0.1, 0.15) is 0 Å². The van der Waals surface area contributed by atoms with Crippen LogP contribution < -0.4 is 4.72 Å². The number of aliphatic hydroxyl groups is 1. The fourth-order valence-electron chi connectivity index (χ4n) is 2.98. The highest BCUT2D eigenvalue weighted by Crippen LogP contribution is 2.32. The van der Waals surface area contributed by atoms with E-state index in [2.05, 4.69) is 4.72 Å². The molecule has 20 heavy (non-hydrogen) atoms. The van der Waals surface area contributed by atoms with Crippen molar-refractivity contribution < 1.29 is 18.3 Å². The molecule has 2 aliphatic rings. The van der Waals surface area contributed by atoms with Gasteiger partial charge in [-0.1, -0.05) is 24.3 Å². The fourth-order valence-corrected chi connectivity index (χ4v) is 4.50. The zero-order valence-corrected chi connectivity index (χ0v) is 12.0. The Balaban J connectivity index is 1.73. The maximum atomic E-state index is 12.2. The van der Waals surface area contributed by atoms with Crippen LogP contribution in [0.25, 0.3) is 0 Å². The van der Waals surface area contributed by atoms with Crippen LogP contribution in [0.5, 0.6) is 0 Å². The summed E-state index contributed by atoms with van der Waals surface area (Å²) < 4.78 is 32.4. The van der Waals surface area contributed by atoms with Crippen molar-refractivity contribution in [1.82, 2.24) is 4.72 Å². The van der Waals surface area contributed by atoms with Gasteiger partial charge in [0.2, 0.25) is 10.0 Å². The van der Waals surface area contributed by atoms with E-state index >= 15 is 0 Å². The second-order valence-corrected chi connectivity index (χ2v) is 7.28. The third-order valence-electron chi connectivity index (χ3n) is 3.94. The van der Waals surface area contributed by atoms with Crippen LogP contribution in [-0.4, -0.2) is 38.1 Å². The Hall–Kier alpha value is -0.950. The van der Waals surface area contributed by atoms with Crippen molar-refractivity contribution in [1.29, 1.82) is 0 Å². The predicted octanol–water partition coefficient (Wildman–Crippen LogP) is 0.743. The first-order valence-electron chi connectivity index (χ1n) is 6.93. The van der Waals surface area contributed by atoms with Crippen molar-refractivity contribution in [3.05, 3.63) is 35.4 Å². The molecule has 3 rings (SSSR count). The van der Waals surface area contributed by atoms with Crippen LogP contribution in [0, 0.1) is 0 Å². The molecule has 1 saturated heterocycles. The average Bonchev–Trinajstić information content (AvgIpc) is 2.98. The molecule has 0 spiro atoms. The van der Waals surface area contributed by atoms with Gasteiger partial charge in [-0.2, -0.15) is 0 Å². The second-order valence-electron chi connectivity index (χ2n) is 5.48. The van der Waals surface area contributed by atoms with E-state index in [4.69, 9.17) is 4.74 Å². The third-order valence-corrected chi connectivity index (χ3v) is 5.36. The van der Waals surface area contributed by atoms with E-state index in [0.29, 0.717) is 13.0 Å². The van der Waals surface area contributed by atoms with Crippen molar-refractivity contribution in [2.24, 2.45) is 0 Å². The number of rotatable bonds is 4. The summed E-state index contributed by atoms with van der Waals surface area (Å²) in [6.45, 7) is 0.634. The Labute approximate surface area is 119 Å². The largest absolute Gasteiger partial charge is 0.391 e. The van der Waals surface area contributed by atoms with E-state index in [1.54, 1.807) is 0 Å². The summed E-state index contributed by atoms with van der Waals surface area (Å²) in [5, 5.41) is 10.1. The summed E-state index contributed by atoms with van der Waals surface area (Å²) in [6.07, 6.45) is 1.26. The molecule has 3 atom stereocenters. The molecule has 1 aromatic carbocycles. The molecule has 1 unspecified atom stereocenters. The van der Waals surface area contributed by atoms with Gasteiger partial charge < -0.3 is 9.84 Å². The number of hydrogen-bond acceptors (Lipinski definition) is 4. The first kappa shape index (κ1) is 14.0. The Kier molecular flexibility index (Phi) is 3.81. The van der Waals surface area contributed by atoms with Crippen molar-refractivity contribution in [2.75, 3.05) is 12.4 Å². The average molecular weight is 297 g/mol. The summed E-state index contributed by atoms with van der Waals surface area (Å²) in [4.78, 5) is 0. The highest BCUT2D eigenvalue weighted by molar-refractivity contribution is 7.89. The molecule has 5 nitrogen and oxygen atoms in total. The minimum atomic E-state index is -3.46. The summed E-state index contributed by atoms with van der Waals surface area (Å²) in [6, 6.07) is 7.00.